The Labute approximate surface area is 150 Å². The lowest BCUT2D eigenvalue weighted by atomic mass is 10.2. The van der Waals surface area contributed by atoms with Crippen LogP contribution in [-0.2, 0) is 17.7 Å². The zero-order chi connectivity index (χ0) is 18.5. The highest BCUT2D eigenvalue weighted by atomic mass is 16.5. The first-order valence-corrected chi connectivity index (χ1v) is 8.67. The Balaban J connectivity index is 1.66. The quantitative estimate of drug-likeness (QED) is 0.530. The average molecular weight is 357 g/mol. The fourth-order valence-corrected chi connectivity index (χ4v) is 2.82. The summed E-state index contributed by atoms with van der Waals surface area (Å²) in [6.07, 6.45) is 2.39. The van der Waals surface area contributed by atoms with Crippen molar-refractivity contribution in [1.29, 1.82) is 0 Å². The lowest BCUT2D eigenvalue weighted by Gasteiger charge is -2.06. The number of amides is 1. The first-order chi connectivity index (χ1) is 12.6. The normalized spacial score (nSPS) is 11.2. The summed E-state index contributed by atoms with van der Waals surface area (Å²) in [6, 6.07) is 5.20. The van der Waals surface area contributed by atoms with Crippen molar-refractivity contribution in [3.8, 4) is 0 Å². The van der Waals surface area contributed by atoms with Gasteiger partial charge in [-0.1, -0.05) is 0 Å². The van der Waals surface area contributed by atoms with Gasteiger partial charge in [0.2, 0.25) is 0 Å². The van der Waals surface area contributed by atoms with Crippen molar-refractivity contribution in [2.24, 2.45) is 0 Å². The number of nitrogens with one attached hydrogen (secondary N) is 3. The molecule has 8 heteroatoms. The number of fused-ring (bicyclic) bond motifs is 1. The average Bonchev–Trinajstić information content (AvgIpc) is 3.17. The van der Waals surface area contributed by atoms with E-state index in [1.54, 1.807) is 29.0 Å². The predicted molar refractivity (Wildman–Crippen MR) is 98.4 cm³/mol. The van der Waals surface area contributed by atoms with E-state index in [4.69, 9.17) is 4.74 Å². The third-order valence-corrected chi connectivity index (χ3v) is 4.10. The first kappa shape index (κ1) is 17.9. The third-order valence-electron chi connectivity index (χ3n) is 4.10. The second-order valence-electron chi connectivity index (χ2n) is 6.03. The van der Waals surface area contributed by atoms with Crippen molar-refractivity contribution in [2.45, 2.75) is 26.8 Å². The minimum Gasteiger partial charge on any atom is -0.380 e. The number of aromatic nitrogens is 4. The van der Waals surface area contributed by atoms with E-state index < -0.39 is 0 Å². The largest absolute Gasteiger partial charge is 0.380 e. The number of nitrogens with zero attached hydrogens (tertiary/aromatic N) is 2. The number of rotatable bonds is 8. The number of carbonyl (C=O) groups is 1. The lowest BCUT2D eigenvalue weighted by molar-refractivity contribution is 0.0954. The van der Waals surface area contributed by atoms with Crippen molar-refractivity contribution >= 4 is 16.9 Å². The Kier molecular flexibility index (Phi) is 5.52. The predicted octanol–water partition coefficient (Wildman–Crippen LogP) is 1.37. The van der Waals surface area contributed by atoms with Crippen LogP contribution in [0.2, 0.25) is 0 Å². The second kappa shape index (κ2) is 8.01. The summed E-state index contributed by atoms with van der Waals surface area (Å²) in [5, 5.41) is 2.87. The molecule has 0 saturated carbocycles. The molecule has 3 rings (SSSR count). The molecule has 0 aliphatic carbocycles. The van der Waals surface area contributed by atoms with Gasteiger partial charge in [0.1, 0.15) is 5.82 Å². The van der Waals surface area contributed by atoms with Crippen molar-refractivity contribution < 1.29 is 9.53 Å². The molecule has 3 N–H and O–H groups in total. The molecule has 0 aliphatic heterocycles. The van der Waals surface area contributed by atoms with Gasteiger partial charge in [-0.05, 0) is 32.0 Å². The zero-order valence-electron chi connectivity index (χ0n) is 15.0. The molecule has 138 valence electrons. The van der Waals surface area contributed by atoms with E-state index in [9.17, 15) is 9.59 Å². The van der Waals surface area contributed by atoms with Gasteiger partial charge in [0.05, 0.1) is 24.2 Å². The van der Waals surface area contributed by atoms with Crippen LogP contribution in [0.25, 0.3) is 11.0 Å². The number of carbonyl (C=O) groups excluding carboxylic acids is 1. The van der Waals surface area contributed by atoms with E-state index in [1.807, 2.05) is 13.8 Å². The molecule has 26 heavy (non-hydrogen) atoms. The molecule has 0 unspecified atom stereocenters. The van der Waals surface area contributed by atoms with E-state index in [0.29, 0.717) is 43.8 Å². The smallest absolute Gasteiger partial charge is 0.326 e. The molecular weight excluding hydrogens is 334 g/mol. The summed E-state index contributed by atoms with van der Waals surface area (Å²) >= 11 is 0. The van der Waals surface area contributed by atoms with Crippen LogP contribution in [0.3, 0.4) is 0 Å². The first-order valence-electron chi connectivity index (χ1n) is 8.67. The second-order valence-corrected chi connectivity index (χ2v) is 6.03. The van der Waals surface area contributed by atoms with E-state index in [2.05, 4.69) is 20.3 Å². The number of ether oxygens (including phenoxy) is 1. The summed E-state index contributed by atoms with van der Waals surface area (Å²) in [7, 11) is 0. The van der Waals surface area contributed by atoms with Crippen LogP contribution in [0.4, 0.5) is 0 Å². The highest BCUT2D eigenvalue weighted by molar-refractivity contribution is 5.97. The highest BCUT2D eigenvalue weighted by Gasteiger charge is 2.11. The van der Waals surface area contributed by atoms with E-state index in [-0.39, 0.29) is 11.6 Å². The van der Waals surface area contributed by atoms with E-state index >= 15 is 0 Å². The molecule has 1 amide bonds. The molecule has 0 fully saturated rings. The van der Waals surface area contributed by atoms with Gasteiger partial charge in [-0.25, -0.2) is 9.78 Å². The molecule has 0 atom stereocenters. The number of aromatic amines is 2. The van der Waals surface area contributed by atoms with Gasteiger partial charge in [-0.3, -0.25) is 9.36 Å². The van der Waals surface area contributed by atoms with Gasteiger partial charge in [-0.2, -0.15) is 0 Å². The number of benzene rings is 1. The van der Waals surface area contributed by atoms with Crippen LogP contribution in [0, 0.1) is 6.92 Å². The summed E-state index contributed by atoms with van der Waals surface area (Å²) in [4.78, 5) is 34.5. The molecule has 0 aliphatic rings. The third kappa shape index (κ3) is 4.02. The summed E-state index contributed by atoms with van der Waals surface area (Å²) in [6.45, 7) is 5.88. The molecule has 0 bridgehead atoms. The number of hydrogen-bond acceptors (Lipinski definition) is 4. The SMILES string of the molecule is CCOCCn1c(=O)[nH]c2cc(C(=O)NCCc3ncc(C)[nH]3)ccc21. The number of imidazole rings is 2. The summed E-state index contributed by atoms with van der Waals surface area (Å²) < 4.78 is 6.93. The van der Waals surface area contributed by atoms with Crippen LogP contribution < -0.4 is 11.0 Å². The van der Waals surface area contributed by atoms with Crippen molar-refractivity contribution in [3.63, 3.8) is 0 Å². The van der Waals surface area contributed by atoms with Crippen LogP contribution in [0.5, 0.6) is 0 Å². The maximum absolute atomic E-state index is 12.3. The fourth-order valence-electron chi connectivity index (χ4n) is 2.82. The van der Waals surface area contributed by atoms with Gasteiger partial charge < -0.3 is 20.0 Å². The number of H-pyrrole nitrogens is 2. The monoisotopic (exact) mass is 357 g/mol. The van der Waals surface area contributed by atoms with Crippen LogP contribution in [0.15, 0.2) is 29.2 Å². The van der Waals surface area contributed by atoms with Crippen molar-refractivity contribution in [2.75, 3.05) is 19.8 Å². The van der Waals surface area contributed by atoms with Gasteiger partial charge in [-0.15, -0.1) is 0 Å². The molecule has 0 spiro atoms. The Hall–Kier alpha value is -2.87. The van der Waals surface area contributed by atoms with Gasteiger partial charge in [0.25, 0.3) is 5.91 Å². The molecule has 8 nitrogen and oxygen atoms in total. The Morgan fingerprint density at radius 1 is 1.35 bits per heavy atom. The summed E-state index contributed by atoms with van der Waals surface area (Å²) in [5.41, 5.74) is 2.70. The van der Waals surface area contributed by atoms with Gasteiger partial charge >= 0.3 is 5.69 Å². The number of aryl methyl sites for hydroxylation is 1. The summed E-state index contributed by atoms with van der Waals surface area (Å²) in [5.74, 6) is 0.659. The Morgan fingerprint density at radius 3 is 2.92 bits per heavy atom. The Morgan fingerprint density at radius 2 is 2.19 bits per heavy atom. The zero-order valence-corrected chi connectivity index (χ0v) is 15.0. The van der Waals surface area contributed by atoms with E-state index in [0.717, 1.165) is 17.0 Å². The van der Waals surface area contributed by atoms with Crippen LogP contribution >= 0.6 is 0 Å². The molecule has 2 aromatic heterocycles. The highest BCUT2D eigenvalue weighted by Crippen LogP contribution is 2.13. The molecule has 1 aromatic carbocycles. The maximum atomic E-state index is 12.3. The van der Waals surface area contributed by atoms with Gasteiger partial charge in [0, 0.05) is 37.0 Å². The molecule has 0 radical (unpaired) electrons. The van der Waals surface area contributed by atoms with Gasteiger partial charge in [0.15, 0.2) is 0 Å². The minimum absolute atomic E-state index is 0.182. The molecular formula is C18H23N5O3. The number of hydrogen-bond donors (Lipinski definition) is 3. The fraction of sp³-hybridized carbons (Fsp3) is 0.389. The lowest BCUT2D eigenvalue weighted by Crippen LogP contribution is -2.25. The van der Waals surface area contributed by atoms with Crippen molar-refractivity contribution in [1.82, 2.24) is 24.8 Å². The minimum atomic E-state index is -0.203. The van der Waals surface area contributed by atoms with Crippen molar-refractivity contribution in [3.05, 3.63) is 52.0 Å². The standard InChI is InChI=1S/C18H23N5O3/c1-3-26-9-8-23-15-5-4-13(10-14(15)22-18(23)25)17(24)19-7-6-16-20-11-12(2)21-16/h4-5,10-11H,3,6-9H2,1-2H3,(H,19,24)(H,20,21)(H,22,25). The Bertz CT molecular complexity index is 953. The van der Waals surface area contributed by atoms with E-state index in [1.165, 1.54) is 0 Å². The molecule has 3 aromatic rings. The maximum Gasteiger partial charge on any atom is 0.326 e. The molecule has 0 saturated heterocycles. The van der Waals surface area contributed by atoms with Crippen LogP contribution in [-0.4, -0.2) is 45.2 Å². The molecule has 2 heterocycles. The van der Waals surface area contributed by atoms with Crippen LogP contribution in [0.1, 0.15) is 28.8 Å². The topological polar surface area (TPSA) is 105 Å².